The molecule has 0 aliphatic heterocycles. The smallest absolute Gasteiger partial charge is 0.302 e. The van der Waals surface area contributed by atoms with Gasteiger partial charge in [-0.05, 0) is 85.2 Å². The second-order valence-electron chi connectivity index (χ2n) is 12.2. The average Bonchev–Trinajstić information content (AvgIpc) is 3.05. The fourth-order valence-electron chi connectivity index (χ4n) is 7.75. The fourth-order valence-corrected chi connectivity index (χ4v) is 7.75. The third-order valence-electron chi connectivity index (χ3n) is 9.67. The molecule has 0 bridgehead atoms. The summed E-state index contributed by atoms with van der Waals surface area (Å²) < 4.78 is 5.51. The minimum atomic E-state index is -0.820. The van der Waals surface area contributed by atoms with Gasteiger partial charge in [-0.15, -0.1) is 0 Å². The molecule has 0 heterocycles. The standard InChI is InChI=1S/C29H44O3/c1-19(2)8-7-9-20(3)24-10-11-25-23-13-17-29(31)18-22(32-21(4)30)12-16-28(29,6)26(23)14-15-27(24,25)5/h7,9,13-14,19-20,22,24-25,31H,8,10-12,15-18H2,1-6H3. The van der Waals surface area contributed by atoms with Crippen LogP contribution in [0.25, 0.3) is 0 Å². The summed E-state index contributed by atoms with van der Waals surface area (Å²) in [6.07, 6.45) is 17.3. The maximum Gasteiger partial charge on any atom is 0.302 e. The third-order valence-corrected chi connectivity index (χ3v) is 9.67. The van der Waals surface area contributed by atoms with Gasteiger partial charge in [0.05, 0.1) is 5.60 Å². The van der Waals surface area contributed by atoms with Gasteiger partial charge in [0.15, 0.2) is 0 Å². The van der Waals surface area contributed by atoms with Crippen molar-refractivity contribution in [2.75, 3.05) is 0 Å². The van der Waals surface area contributed by atoms with Crippen molar-refractivity contribution in [2.24, 2.45) is 34.5 Å². The van der Waals surface area contributed by atoms with Crippen LogP contribution < -0.4 is 0 Å². The molecule has 0 saturated heterocycles. The molecule has 3 nitrogen and oxygen atoms in total. The SMILES string of the molecule is CC(=O)OC1CCC2(C)C3=CCC4(C)C(CCC4C(C)C=CCC(C)C)C3=CCC2(O)C1. The lowest BCUT2D eigenvalue weighted by atomic mass is 9.50. The largest absolute Gasteiger partial charge is 0.462 e. The van der Waals surface area contributed by atoms with Gasteiger partial charge >= 0.3 is 5.97 Å². The third kappa shape index (κ3) is 3.83. The summed E-state index contributed by atoms with van der Waals surface area (Å²) in [5.74, 6) is 2.39. The van der Waals surface area contributed by atoms with E-state index in [2.05, 4.69) is 58.9 Å². The first-order valence-corrected chi connectivity index (χ1v) is 13.0. The Morgan fingerprint density at radius 1 is 1.19 bits per heavy atom. The zero-order chi connectivity index (χ0) is 23.3. The first-order chi connectivity index (χ1) is 15.0. The number of ether oxygens (including phenoxy) is 1. The summed E-state index contributed by atoms with van der Waals surface area (Å²) >= 11 is 0. The number of fused-ring (bicyclic) bond motifs is 5. The summed E-state index contributed by atoms with van der Waals surface area (Å²) in [6.45, 7) is 13.2. The Balaban J connectivity index is 1.58. The predicted molar refractivity (Wildman–Crippen MR) is 130 cm³/mol. The fraction of sp³-hybridized carbons (Fsp3) is 0.759. The van der Waals surface area contributed by atoms with Crippen LogP contribution in [0.5, 0.6) is 0 Å². The van der Waals surface area contributed by atoms with Gasteiger partial charge in [-0.25, -0.2) is 0 Å². The van der Waals surface area contributed by atoms with E-state index in [1.165, 1.54) is 30.9 Å². The number of esters is 1. The van der Waals surface area contributed by atoms with E-state index in [1.807, 2.05) is 0 Å². The number of carbonyl (C=O) groups is 1. The van der Waals surface area contributed by atoms with Gasteiger partial charge in [-0.2, -0.15) is 0 Å². The van der Waals surface area contributed by atoms with Crippen LogP contribution in [0.1, 0.15) is 92.9 Å². The van der Waals surface area contributed by atoms with Gasteiger partial charge < -0.3 is 9.84 Å². The number of rotatable bonds is 5. The van der Waals surface area contributed by atoms with Gasteiger partial charge in [0.25, 0.3) is 0 Å². The highest BCUT2D eigenvalue weighted by molar-refractivity contribution is 5.66. The molecule has 4 aliphatic carbocycles. The molecule has 4 rings (SSSR count). The van der Waals surface area contributed by atoms with Crippen molar-refractivity contribution in [3.05, 3.63) is 35.5 Å². The minimum Gasteiger partial charge on any atom is -0.462 e. The van der Waals surface area contributed by atoms with E-state index in [0.29, 0.717) is 41.9 Å². The number of aliphatic hydroxyl groups is 1. The molecule has 178 valence electrons. The van der Waals surface area contributed by atoms with Crippen molar-refractivity contribution in [1.82, 2.24) is 0 Å². The first kappa shape index (κ1) is 23.8. The molecule has 0 aromatic carbocycles. The molecular weight excluding hydrogens is 396 g/mol. The Morgan fingerprint density at radius 2 is 1.94 bits per heavy atom. The van der Waals surface area contributed by atoms with E-state index < -0.39 is 5.60 Å². The Bertz CT molecular complexity index is 835. The second-order valence-corrected chi connectivity index (χ2v) is 12.2. The van der Waals surface area contributed by atoms with Gasteiger partial charge in [0.2, 0.25) is 0 Å². The zero-order valence-electron chi connectivity index (χ0n) is 21.1. The van der Waals surface area contributed by atoms with E-state index in [-0.39, 0.29) is 17.5 Å². The van der Waals surface area contributed by atoms with Gasteiger partial charge in [-0.3, -0.25) is 4.79 Å². The van der Waals surface area contributed by atoms with Gasteiger partial charge in [0, 0.05) is 18.8 Å². The quantitative estimate of drug-likeness (QED) is 0.379. The number of hydrogen-bond acceptors (Lipinski definition) is 3. The molecule has 32 heavy (non-hydrogen) atoms. The van der Waals surface area contributed by atoms with Crippen LogP contribution in [0.15, 0.2) is 35.5 Å². The molecule has 2 saturated carbocycles. The Hall–Kier alpha value is -1.35. The van der Waals surface area contributed by atoms with Crippen LogP contribution in [-0.4, -0.2) is 22.8 Å². The lowest BCUT2D eigenvalue weighted by molar-refractivity contribution is -0.163. The molecule has 7 unspecified atom stereocenters. The topological polar surface area (TPSA) is 46.5 Å². The molecule has 3 heteroatoms. The van der Waals surface area contributed by atoms with Crippen LogP contribution in [0.3, 0.4) is 0 Å². The maximum atomic E-state index is 11.8. The highest BCUT2D eigenvalue weighted by atomic mass is 16.5. The molecule has 0 aromatic rings. The molecule has 1 N–H and O–H groups in total. The first-order valence-electron chi connectivity index (χ1n) is 13.0. The van der Waals surface area contributed by atoms with Crippen LogP contribution in [0, 0.1) is 34.5 Å². The van der Waals surface area contributed by atoms with Crippen molar-refractivity contribution in [2.45, 2.75) is 105 Å². The van der Waals surface area contributed by atoms with E-state index in [0.717, 1.165) is 25.7 Å². The Kier molecular flexibility index (Phi) is 6.29. The lowest BCUT2D eigenvalue weighted by Gasteiger charge is -2.57. The maximum absolute atomic E-state index is 11.8. The van der Waals surface area contributed by atoms with Crippen molar-refractivity contribution >= 4 is 5.97 Å². The number of hydrogen-bond donors (Lipinski definition) is 1. The van der Waals surface area contributed by atoms with Gasteiger partial charge in [0.1, 0.15) is 6.10 Å². The van der Waals surface area contributed by atoms with E-state index in [9.17, 15) is 9.90 Å². The van der Waals surface area contributed by atoms with Gasteiger partial charge in [-0.1, -0.05) is 58.9 Å². The van der Waals surface area contributed by atoms with E-state index in [4.69, 9.17) is 4.74 Å². The molecule has 4 aliphatic rings. The van der Waals surface area contributed by atoms with E-state index >= 15 is 0 Å². The highest BCUT2D eigenvalue weighted by Crippen LogP contribution is 2.65. The number of carbonyl (C=O) groups excluding carboxylic acids is 1. The highest BCUT2D eigenvalue weighted by Gasteiger charge is 2.60. The summed E-state index contributed by atoms with van der Waals surface area (Å²) in [7, 11) is 0. The van der Waals surface area contributed by atoms with E-state index in [1.54, 1.807) is 0 Å². The van der Waals surface area contributed by atoms with Crippen LogP contribution >= 0.6 is 0 Å². The lowest BCUT2D eigenvalue weighted by Crippen LogP contribution is -2.56. The van der Waals surface area contributed by atoms with Crippen molar-refractivity contribution in [3.8, 4) is 0 Å². The predicted octanol–water partition coefficient (Wildman–Crippen LogP) is 6.77. The summed E-state index contributed by atoms with van der Waals surface area (Å²) in [5.41, 5.74) is 2.17. The summed E-state index contributed by atoms with van der Waals surface area (Å²) in [5, 5.41) is 11.8. The van der Waals surface area contributed by atoms with Crippen molar-refractivity contribution < 1.29 is 14.6 Å². The Morgan fingerprint density at radius 3 is 2.62 bits per heavy atom. The van der Waals surface area contributed by atoms with Crippen molar-refractivity contribution in [3.63, 3.8) is 0 Å². The second kappa shape index (κ2) is 8.46. The monoisotopic (exact) mass is 440 g/mol. The van der Waals surface area contributed by atoms with Crippen molar-refractivity contribution in [1.29, 1.82) is 0 Å². The molecular formula is C29H44O3. The van der Waals surface area contributed by atoms with Crippen LogP contribution in [0.2, 0.25) is 0 Å². The summed E-state index contributed by atoms with van der Waals surface area (Å²) in [6, 6.07) is 0. The van der Waals surface area contributed by atoms with Crippen LogP contribution in [0.4, 0.5) is 0 Å². The zero-order valence-corrected chi connectivity index (χ0v) is 21.1. The number of allylic oxidation sites excluding steroid dienone is 4. The molecule has 0 amide bonds. The van der Waals surface area contributed by atoms with Crippen LogP contribution in [-0.2, 0) is 9.53 Å². The molecule has 7 atom stereocenters. The molecule has 2 fully saturated rings. The minimum absolute atomic E-state index is 0.163. The molecule has 0 radical (unpaired) electrons. The Labute approximate surface area is 195 Å². The normalized spacial score (nSPS) is 42.1. The summed E-state index contributed by atoms with van der Waals surface area (Å²) in [4.78, 5) is 11.5. The average molecular weight is 441 g/mol. The molecule has 0 spiro atoms. The molecule has 0 aromatic heterocycles.